The summed E-state index contributed by atoms with van der Waals surface area (Å²) < 4.78 is 1.30. The summed E-state index contributed by atoms with van der Waals surface area (Å²) in [4.78, 5) is 0. The molecule has 1 aliphatic heterocycles. The first-order valence-corrected chi connectivity index (χ1v) is 4.45. The minimum Gasteiger partial charge on any atom is -0.324 e. The van der Waals surface area contributed by atoms with Crippen molar-refractivity contribution in [2.75, 3.05) is 14.1 Å². The van der Waals surface area contributed by atoms with E-state index in [9.17, 15) is 0 Å². The Kier molecular flexibility index (Phi) is 1.17. The van der Waals surface area contributed by atoms with Gasteiger partial charge in [0.1, 0.15) is 0 Å². The highest BCUT2D eigenvalue weighted by Crippen LogP contribution is 2.45. The van der Waals surface area contributed by atoms with E-state index in [1.807, 2.05) is 0 Å². The molecular weight excluding hydrogens is 122 g/mol. The number of piperidine rings is 1. The van der Waals surface area contributed by atoms with Crippen LogP contribution in [0.15, 0.2) is 0 Å². The van der Waals surface area contributed by atoms with Crippen molar-refractivity contribution in [3.63, 3.8) is 0 Å². The Morgan fingerprint density at radius 1 is 1.20 bits per heavy atom. The van der Waals surface area contributed by atoms with Crippen molar-refractivity contribution >= 4 is 0 Å². The molecule has 2 aliphatic rings. The maximum atomic E-state index is 2.42. The molecule has 2 bridgehead atoms. The minimum absolute atomic E-state index is 0.929. The second-order valence-corrected chi connectivity index (χ2v) is 4.60. The molecule has 2 rings (SSSR count). The summed E-state index contributed by atoms with van der Waals surface area (Å²) in [6, 6.07) is 1.93. The van der Waals surface area contributed by atoms with Crippen LogP contribution in [0.4, 0.5) is 0 Å². The number of quaternary nitrogens is 1. The van der Waals surface area contributed by atoms with Gasteiger partial charge >= 0.3 is 0 Å². The lowest BCUT2D eigenvalue weighted by Gasteiger charge is -2.39. The van der Waals surface area contributed by atoms with E-state index in [2.05, 4.69) is 21.0 Å². The van der Waals surface area contributed by atoms with Crippen LogP contribution in [0, 0.1) is 5.92 Å². The maximum Gasteiger partial charge on any atom is 0.0893 e. The predicted molar refractivity (Wildman–Crippen MR) is 42.7 cm³/mol. The highest BCUT2D eigenvalue weighted by Gasteiger charge is 2.51. The lowest BCUT2D eigenvalue weighted by molar-refractivity contribution is -0.928. The molecule has 0 amide bonds. The summed E-state index contributed by atoms with van der Waals surface area (Å²) in [7, 11) is 4.79. The van der Waals surface area contributed by atoms with Gasteiger partial charge in [-0.1, -0.05) is 0 Å². The Labute approximate surface area is 63.6 Å². The third kappa shape index (κ3) is 0.619. The largest absolute Gasteiger partial charge is 0.324 e. The molecule has 0 spiro atoms. The van der Waals surface area contributed by atoms with Crippen molar-refractivity contribution in [3.05, 3.63) is 0 Å². The van der Waals surface area contributed by atoms with E-state index in [1.54, 1.807) is 0 Å². The number of hydrogen-bond acceptors (Lipinski definition) is 0. The van der Waals surface area contributed by atoms with Crippen molar-refractivity contribution < 1.29 is 4.48 Å². The van der Waals surface area contributed by atoms with Gasteiger partial charge in [-0.2, -0.15) is 0 Å². The zero-order chi connectivity index (χ0) is 7.35. The van der Waals surface area contributed by atoms with Crippen LogP contribution in [0.3, 0.4) is 0 Å². The molecule has 1 nitrogen and oxygen atoms in total. The molecule has 3 unspecified atom stereocenters. The van der Waals surface area contributed by atoms with E-state index >= 15 is 0 Å². The fourth-order valence-electron chi connectivity index (χ4n) is 2.91. The van der Waals surface area contributed by atoms with Gasteiger partial charge in [-0.3, -0.25) is 0 Å². The molecule has 0 aromatic carbocycles. The molecule has 58 valence electrons. The molecule has 1 aliphatic carbocycles. The zero-order valence-corrected chi connectivity index (χ0v) is 7.30. The van der Waals surface area contributed by atoms with E-state index in [4.69, 9.17) is 0 Å². The Morgan fingerprint density at radius 3 is 2.20 bits per heavy atom. The third-order valence-corrected chi connectivity index (χ3v) is 4.12. The Bertz CT molecular complexity index is 147. The predicted octanol–water partition coefficient (Wildman–Crippen LogP) is 1.63. The molecule has 2 fully saturated rings. The van der Waals surface area contributed by atoms with Crippen molar-refractivity contribution in [3.8, 4) is 0 Å². The third-order valence-electron chi connectivity index (χ3n) is 4.12. The van der Waals surface area contributed by atoms with Gasteiger partial charge in [0, 0.05) is 12.3 Å². The van der Waals surface area contributed by atoms with Gasteiger partial charge in [0.05, 0.1) is 26.2 Å². The lowest BCUT2D eigenvalue weighted by atomic mass is 9.99. The molecule has 1 saturated heterocycles. The van der Waals surface area contributed by atoms with Gasteiger partial charge in [-0.05, 0) is 19.8 Å². The van der Waals surface area contributed by atoms with E-state index in [0.29, 0.717) is 0 Å². The quantitative estimate of drug-likeness (QED) is 0.449. The highest BCUT2D eigenvalue weighted by atomic mass is 15.4. The molecule has 0 aromatic heterocycles. The fourth-order valence-corrected chi connectivity index (χ4v) is 2.91. The number of rotatable bonds is 0. The van der Waals surface area contributed by atoms with Gasteiger partial charge in [-0.25, -0.2) is 0 Å². The Hall–Kier alpha value is -0.0400. The number of fused-ring (bicyclic) bond motifs is 2. The first-order valence-electron chi connectivity index (χ1n) is 4.45. The van der Waals surface area contributed by atoms with Crippen LogP contribution in [-0.2, 0) is 0 Å². The summed E-state index contributed by atoms with van der Waals surface area (Å²) in [5.41, 5.74) is 0. The number of likely N-dealkylation sites (tertiary alicyclic amines) is 1. The van der Waals surface area contributed by atoms with Gasteiger partial charge in [0.25, 0.3) is 0 Å². The fraction of sp³-hybridized carbons (Fsp3) is 1.00. The Balaban J connectivity index is 2.25. The summed E-state index contributed by atoms with van der Waals surface area (Å²) in [6.07, 6.45) is 4.50. The van der Waals surface area contributed by atoms with Crippen LogP contribution in [0.25, 0.3) is 0 Å². The molecular formula is C9H18N+. The van der Waals surface area contributed by atoms with Crippen molar-refractivity contribution in [2.45, 2.75) is 38.3 Å². The average Bonchev–Trinajstić information content (AvgIpc) is 2.37. The van der Waals surface area contributed by atoms with Gasteiger partial charge in [0.15, 0.2) is 0 Å². The van der Waals surface area contributed by atoms with Gasteiger partial charge in [0.2, 0.25) is 0 Å². The summed E-state index contributed by atoms with van der Waals surface area (Å²) >= 11 is 0. The molecule has 0 radical (unpaired) electrons. The molecule has 0 N–H and O–H groups in total. The average molecular weight is 140 g/mol. The van der Waals surface area contributed by atoms with Crippen LogP contribution < -0.4 is 0 Å². The molecule has 3 atom stereocenters. The van der Waals surface area contributed by atoms with Crippen LogP contribution in [0.5, 0.6) is 0 Å². The van der Waals surface area contributed by atoms with Crippen LogP contribution >= 0.6 is 0 Å². The smallest absolute Gasteiger partial charge is 0.0893 e. The van der Waals surface area contributed by atoms with E-state index in [1.165, 1.54) is 23.7 Å². The monoisotopic (exact) mass is 140 g/mol. The SMILES string of the molecule is CC1C2CCC(C2)[N+]1(C)C. The summed E-state index contributed by atoms with van der Waals surface area (Å²) in [6.45, 7) is 2.42. The first-order chi connectivity index (χ1) is 4.62. The second-order valence-electron chi connectivity index (χ2n) is 4.60. The van der Waals surface area contributed by atoms with E-state index in [0.717, 1.165) is 18.0 Å². The molecule has 0 aromatic rings. The van der Waals surface area contributed by atoms with Crippen molar-refractivity contribution in [2.24, 2.45) is 5.92 Å². The topological polar surface area (TPSA) is 0 Å². The molecule has 10 heavy (non-hydrogen) atoms. The van der Waals surface area contributed by atoms with E-state index in [-0.39, 0.29) is 0 Å². The normalized spacial score (nSPS) is 50.1. The van der Waals surface area contributed by atoms with E-state index < -0.39 is 0 Å². The Morgan fingerprint density at radius 2 is 1.90 bits per heavy atom. The van der Waals surface area contributed by atoms with Crippen molar-refractivity contribution in [1.29, 1.82) is 0 Å². The van der Waals surface area contributed by atoms with Gasteiger partial charge in [-0.15, -0.1) is 0 Å². The maximum absolute atomic E-state index is 2.42. The van der Waals surface area contributed by atoms with Gasteiger partial charge < -0.3 is 4.48 Å². The second kappa shape index (κ2) is 1.76. The zero-order valence-electron chi connectivity index (χ0n) is 7.30. The van der Waals surface area contributed by atoms with Crippen molar-refractivity contribution in [1.82, 2.24) is 0 Å². The van der Waals surface area contributed by atoms with Crippen LogP contribution in [0.1, 0.15) is 26.2 Å². The first kappa shape index (κ1) is 6.66. The number of hydrogen-bond donors (Lipinski definition) is 0. The lowest BCUT2D eigenvalue weighted by Crippen LogP contribution is -2.51. The van der Waals surface area contributed by atoms with Crippen LogP contribution in [-0.4, -0.2) is 30.7 Å². The molecule has 1 saturated carbocycles. The highest BCUT2D eigenvalue weighted by molar-refractivity contribution is 4.87. The summed E-state index contributed by atoms with van der Waals surface area (Å²) in [5.74, 6) is 1.06. The minimum atomic E-state index is 0.929. The van der Waals surface area contributed by atoms with Crippen LogP contribution in [0.2, 0.25) is 0 Å². The standard InChI is InChI=1S/C9H18N/c1-7-8-4-5-9(6-8)10(7,2)3/h7-9H,4-6H2,1-3H3/q+1. The molecule has 1 heteroatoms. The number of nitrogens with zero attached hydrogens (tertiary/aromatic N) is 1. The summed E-state index contributed by atoms with van der Waals surface area (Å²) in [5, 5.41) is 0. The molecule has 1 heterocycles.